The second-order valence-corrected chi connectivity index (χ2v) is 6.05. The van der Waals surface area contributed by atoms with Gasteiger partial charge < -0.3 is 4.74 Å². The van der Waals surface area contributed by atoms with E-state index in [1.165, 1.54) is 32.1 Å². The van der Waals surface area contributed by atoms with Crippen molar-refractivity contribution in [2.75, 3.05) is 6.61 Å². The molecule has 0 aromatic heterocycles. The Morgan fingerprint density at radius 3 is 2.79 bits per heavy atom. The topological polar surface area (TPSA) is 9.23 Å². The summed E-state index contributed by atoms with van der Waals surface area (Å²) in [5, 5.41) is 0. The summed E-state index contributed by atoms with van der Waals surface area (Å²) in [5.41, 5.74) is 0.226. The first-order valence-electron chi connectivity index (χ1n) is 6.34. The van der Waals surface area contributed by atoms with Crippen LogP contribution in [-0.4, -0.2) is 12.2 Å². The molecule has 3 aliphatic rings. The van der Waals surface area contributed by atoms with Crippen LogP contribution in [0.2, 0.25) is 0 Å². The predicted molar refractivity (Wildman–Crippen MR) is 57.1 cm³/mol. The lowest BCUT2D eigenvalue weighted by Crippen LogP contribution is -2.41. The van der Waals surface area contributed by atoms with Crippen LogP contribution in [0, 0.1) is 23.7 Å². The van der Waals surface area contributed by atoms with Gasteiger partial charge in [-0.1, -0.05) is 0 Å². The zero-order valence-corrected chi connectivity index (χ0v) is 9.46. The van der Waals surface area contributed by atoms with Gasteiger partial charge in [0.05, 0.1) is 5.60 Å². The molecule has 0 N–H and O–H groups in total. The molecule has 5 atom stereocenters. The molecule has 5 unspecified atom stereocenters. The number of fused-ring (bicyclic) bond motifs is 1. The van der Waals surface area contributed by atoms with Gasteiger partial charge in [-0.25, -0.2) is 0 Å². The minimum atomic E-state index is 0.226. The summed E-state index contributed by atoms with van der Waals surface area (Å²) in [6, 6.07) is 0. The molecule has 80 valence electrons. The van der Waals surface area contributed by atoms with Crippen molar-refractivity contribution in [2.24, 2.45) is 23.7 Å². The van der Waals surface area contributed by atoms with Crippen LogP contribution in [0.1, 0.15) is 46.0 Å². The van der Waals surface area contributed by atoms with Crippen molar-refractivity contribution in [3.63, 3.8) is 0 Å². The Morgan fingerprint density at radius 1 is 1.14 bits per heavy atom. The molecule has 2 bridgehead atoms. The Balaban J connectivity index is 1.78. The van der Waals surface area contributed by atoms with E-state index in [1.807, 2.05) is 0 Å². The van der Waals surface area contributed by atoms with Crippen LogP contribution >= 0.6 is 0 Å². The molecule has 0 saturated heterocycles. The molecule has 0 aromatic carbocycles. The summed E-state index contributed by atoms with van der Waals surface area (Å²) in [6.45, 7) is 5.38. The van der Waals surface area contributed by atoms with E-state index in [4.69, 9.17) is 4.74 Å². The van der Waals surface area contributed by atoms with Crippen LogP contribution in [0.5, 0.6) is 0 Å². The van der Waals surface area contributed by atoms with Crippen molar-refractivity contribution in [2.45, 2.75) is 51.6 Å². The molecule has 1 heteroatoms. The number of ether oxygens (including phenoxy) is 1. The van der Waals surface area contributed by atoms with Crippen LogP contribution in [0.4, 0.5) is 0 Å². The average Bonchev–Trinajstić information content (AvgIpc) is 2.33. The van der Waals surface area contributed by atoms with Crippen LogP contribution in [-0.2, 0) is 4.74 Å². The van der Waals surface area contributed by atoms with E-state index >= 15 is 0 Å². The van der Waals surface area contributed by atoms with Gasteiger partial charge in [0.1, 0.15) is 0 Å². The van der Waals surface area contributed by atoms with E-state index in [0.717, 1.165) is 30.3 Å². The summed E-state index contributed by atoms with van der Waals surface area (Å²) < 4.78 is 6.00. The summed E-state index contributed by atoms with van der Waals surface area (Å²) >= 11 is 0. The molecule has 0 heterocycles. The van der Waals surface area contributed by atoms with Crippen molar-refractivity contribution in [3.8, 4) is 0 Å². The van der Waals surface area contributed by atoms with E-state index in [2.05, 4.69) is 13.8 Å². The molecule has 0 amide bonds. The van der Waals surface area contributed by atoms with E-state index in [0.29, 0.717) is 0 Å². The first kappa shape index (κ1) is 9.21. The van der Waals surface area contributed by atoms with Gasteiger partial charge in [-0.05, 0) is 69.6 Å². The predicted octanol–water partition coefficient (Wildman–Crippen LogP) is 3.24. The second kappa shape index (κ2) is 2.98. The Kier molecular flexibility index (Phi) is 1.96. The number of rotatable bonds is 2. The molecule has 3 aliphatic carbocycles. The monoisotopic (exact) mass is 194 g/mol. The van der Waals surface area contributed by atoms with Crippen molar-refractivity contribution >= 4 is 0 Å². The lowest BCUT2D eigenvalue weighted by molar-refractivity contribution is -0.0778. The van der Waals surface area contributed by atoms with E-state index in [1.54, 1.807) is 0 Å². The highest BCUT2D eigenvalue weighted by molar-refractivity contribution is 5.03. The lowest BCUT2D eigenvalue weighted by atomic mass is 9.63. The van der Waals surface area contributed by atoms with Gasteiger partial charge >= 0.3 is 0 Å². The highest BCUT2D eigenvalue weighted by atomic mass is 16.5. The molecule has 0 spiro atoms. The third-order valence-corrected chi connectivity index (χ3v) is 4.97. The first-order chi connectivity index (χ1) is 6.70. The summed E-state index contributed by atoms with van der Waals surface area (Å²) in [4.78, 5) is 0. The second-order valence-electron chi connectivity index (χ2n) is 6.05. The molecule has 3 saturated carbocycles. The molecular formula is C13H22O. The van der Waals surface area contributed by atoms with Crippen molar-refractivity contribution in [3.05, 3.63) is 0 Å². The van der Waals surface area contributed by atoms with Crippen molar-refractivity contribution in [1.82, 2.24) is 0 Å². The van der Waals surface area contributed by atoms with E-state index in [9.17, 15) is 0 Å². The van der Waals surface area contributed by atoms with Gasteiger partial charge in [0.2, 0.25) is 0 Å². The first-order valence-corrected chi connectivity index (χ1v) is 6.34. The lowest BCUT2D eigenvalue weighted by Gasteiger charge is -2.45. The zero-order valence-electron chi connectivity index (χ0n) is 9.46. The quantitative estimate of drug-likeness (QED) is 0.655. The fourth-order valence-corrected chi connectivity index (χ4v) is 4.61. The van der Waals surface area contributed by atoms with Gasteiger partial charge in [0.15, 0.2) is 0 Å². The smallest absolute Gasteiger partial charge is 0.0659 e. The molecule has 3 fully saturated rings. The Hall–Kier alpha value is -0.0400. The molecule has 3 rings (SSSR count). The van der Waals surface area contributed by atoms with Crippen LogP contribution in [0.25, 0.3) is 0 Å². The maximum atomic E-state index is 6.00. The van der Waals surface area contributed by atoms with Gasteiger partial charge in [-0.3, -0.25) is 0 Å². The van der Waals surface area contributed by atoms with Gasteiger partial charge in [-0.15, -0.1) is 0 Å². The molecule has 14 heavy (non-hydrogen) atoms. The van der Waals surface area contributed by atoms with Gasteiger partial charge in [0.25, 0.3) is 0 Å². The van der Waals surface area contributed by atoms with E-state index in [-0.39, 0.29) is 5.60 Å². The fourth-order valence-electron chi connectivity index (χ4n) is 4.61. The van der Waals surface area contributed by atoms with Crippen molar-refractivity contribution < 1.29 is 4.74 Å². The standard InChI is InChI=1S/C13H22O/c1-3-14-13(2)7-9-4-10-6-11(8-13)12(10)5-9/h9-12H,3-8H2,1-2H3. The highest BCUT2D eigenvalue weighted by Gasteiger charge is 2.53. The van der Waals surface area contributed by atoms with E-state index < -0.39 is 0 Å². The van der Waals surface area contributed by atoms with Crippen LogP contribution in [0.15, 0.2) is 0 Å². The Morgan fingerprint density at radius 2 is 2.00 bits per heavy atom. The van der Waals surface area contributed by atoms with Crippen molar-refractivity contribution in [1.29, 1.82) is 0 Å². The molecule has 0 aromatic rings. The average molecular weight is 194 g/mol. The normalized spacial score (nSPS) is 55.3. The van der Waals surface area contributed by atoms with Gasteiger partial charge in [-0.2, -0.15) is 0 Å². The Labute approximate surface area is 87.2 Å². The zero-order chi connectivity index (χ0) is 9.76. The number of hydrogen-bond acceptors (Lipinski definition) is 1. The highest BCUT2D eigenvalue weighted by Crippen LogP contribution is 2.60. The summed E-state index contributed by atoms with van der Waals surface area (Å²) in [5.74, 6) is 4.23. The fraction of sp³-hybridized carbons (Fsp3) is 1.00. The minimum Gasteiger partial charge on any atom is -0.376 e. The number of hydrogen-bond donors (Lipinski definition) is 0. The largest absolute Gasteiger partial charge is 0.376 e. The molecule has 0 radical (unpaired) electrons. The summed E-state index contributed by atoms with van der Waals surface area (Å²) in [6.07, 6.45) is 7.24. The Bertz CT molecular complexity index is 231. The van der Waals surface area contributed by atoms with Crippen LogP contribution < -0.4 is 0 Å². The molecule has 1 nitrogen and oxygen atoms in total. The SMILES string of the molecule is CCOC1(C)CC2CC3CC(C1)C3C2. The molecular weight excluding hydrogens is 172 g/mol. The summed E-state index contributed by atoms with van der Waals surface area (Å²) in [7, 11) is 0. The third-order valence-electron chi connectivity index (χ3n) is 4.97. The maximum Gasteiger partial charge on any atom is 0.0659 e. The van der Waals surface area contributed by atoms with Gasteiger partial charge in [0, 0.05) is 6.61 Å². The minimum absolute atomic E-state index is 0.226. The maximum absolute atomic E-state index is 6.00. The molecule has 0 aliphatic heterocycles. The van der Waals surface area contributed by atoms with Crippen LogP contribution in [0.3, 0.4) is 0 Å². The third kappa shape index (κ3) is 1.25.